The molecule has 0 bridgehead atoms. The maximum Gasteiger partial charge on any atom is 0.311 e. The van der Waals surface area contributed by atoms with Crippen molar-refractivity contribution in [3.8, 4) is 0 Å². The van der Waals surface area contributed by atoms with Gasteiger partial charge in [-0.25, -0.2) is 0 Å². The van der Waals surface area contributed by atoms with Gasteiger partial charge in [-0.15, -0.1) is 0 Å². The van der Waals surface area contributed by atoms with Crippen molar-refractivity contribution in [3.63, 3.8) is 0 Å². The SMILES string of the molecule is CC1(C)C(C=C(Cl)Cl)C1(Cc1ccccc1)C(=O)O. The summed E-state index contributed by atoms with van der Waals surface area (Å²) in [4.78, 5) is 11.8. The van der Waals surface area contributed by atoms with Gasteiger partial charge in [0.25, 0.3) is 0 Å². The number of hydrogen-bond donors (Lipinski definition) is 1. The van der Waals surface area contributed by atoms with Crippen molar-refractivity contribution in [2.24, 2.45) is 16.7 Å². The van der Waals surface area contributed by atoms with Crippen LogP contribution in [0.1, 0.15) is 19.4 Å². The Morgan fingerprint density at radius 1 is 1.32 bits per heavy atom. The Morgan fingerprint density at radius 2 is 1.89 bits per heavy atom. The molecule has 0 spiro atoms. The van der Waals surface area contributed by atoms with Crippen LogP contribution in [0.3, 0.4) is 0 Å². The minimum absolute atomic E-state index is 0.134. The minimum Gasteiger partial charge on any atom is -0.481 e. The fourth-order valence-corrected chi connectivity index (χ4v) is 3.36. The first-order chi connectivity index (χ1) is 8.82. The number of carboxylic acid groups (broad SMARTS) is 1. The lowest BCUT2D eigenvalue weighted by molar-refractivity contribution is -0.145. The van der Waals surface area contributed by atoms with Gasteiger partial charge in [0.1, 0.15) is 4.49 Å². The summed E-state index contributed by atoms with van der Waals surface area (Å²) in [6.45, 7) is 3.89. The molecule has 2 atom stereocenters. The maximum atomic E-state index is 11.8. The van der Waals surface area contributed by atoms with Gasteiger partial charge in [0, 0.05) is 5.92 Å². The van der Waals surface area contributed by atoms with Crippen LogP contribution < -0.4 is 0 Å². The van der Waals surface area contributed by atoms with Gasteiger partial charge in [-0.3, -0.25) is 4.79 Å². The second-order valence-corrected chi connectivity index (χ2v) is 6.60. The number of carbonyl (C=O) groups is 1. The van der Waals surface area contributed by atoms with Crippen molar-refractivity contribution in [2.45, 2.75) is 20.3 Å². The number of carboxylic acids is 1. The van der Waals surface area contributed by atoms with Crippen LogP contribution in [0.2, 0.25) is 0 Å². The van der Waals surface area contributed by atoms with Crippen LogP contribution in [0.25, 0.3) is 0 Å². The molecule has 1 aromatic rings. The summed E-state index contributed by atoms with van der Waals surface area (Å²) in [6.07, 6.45) is 2.14. The second-order valence-electron chi connectivity index (χ2n) is 5.59. The number of rotatable bonds is 4. The third-order valence-corrected chi connectivity index (χ3v) is 4.63. The highest BCUT2D eigenvalue weighted by Gasteiger charge is 2.74. The molecule has 1 aromatic carbocycles. The average molecular weight is 299 g/mol. The van der Waals surface area contributed by atoms with E-state index in [4.69, 9.17) is 23.2 Å². The van der Waals surface area contributed by atoms with Crippen LogP contribution in [0.5, 0.6) is 0 Å². The lowest BCUT2D eigenvalue weighted by Crippen LogP contribution is -2.24. The first kappa shape index (κ1) is 14.4. The van der Waals surface area contributed by atoms with Crippen molar-refractivity contribution < 1.29 is 9.90 Å². The summed E-state index contributed by atoms with van der Waals surface area (Å²) in [6, 6.07) is 9.64. The Balaban J connectivity index is 2.36. The number of hydrogen-bond acceptors (Lipinski definition) is 1. The molecule has 1 fully saturated rings. The Kier molecular flexibility index (Phi) is 3.67. The monoisotopic (exact) mass is 298 g/mol. The molecule has 0 aliphatic heterocycles. The van der Waals surface area contributed by atoms with E-state index in [-0.39, 0.29) is 15.8 Å². The van der Waals surface area contributed by atoms with Crippen LogP contribution in [-0.4, -0.2) is 11.1 Å². The molecular formula is C15H16Cl2O2. The van der Waals surface area contributed by atoms with Crippen molar-refractivity contribution in [1.82, 2.24) is 0 Å². The number of benzene rings is 1. The van der Waals surface area contributed by atoms with E-state index < -0.39 is 11.4 Å². The van der Waals surface area contributed by atoms with Gasteiger partial charge in [-0.1, -0.05) is 67.4 Å². The molecule has 4 heteroatoms. The summed E-state index contributed by atoms with van der Waals surface area (Å²) in [5.41, 5.74) is -0.174. The van der Waals surface area contributed by atoms with E-state index >= 15 is 0 Å². The molecule has 0 amide bonds. The van der Waals surface area contributed by atoms with Gasteiger partial charge >= 0.3 is 5.97 Å². The molecule has 1 aliphatic carbocycles. The highest BCUT2D eigenvalue weighted by Crippen LogP contribution is 2.71. The predicted octanol–water partition coefficient (Wildman–Crippen LogP) is 4.28. The number of halogens is 2. The predicted molar refractivity (Wildman–Crippen MR) is 77.3 cm³/mol. The Labute approximate surface area is 123 Å². The molecule has 0 saturated heterocycles. The number of aliphatic carboxylic acids is 1. The summed E-state index contributed by atoms with van der Waals surface area (Å²) < 4.78 is 0.134. The fraction of sp³-hybridized carbons (Fsp3) is 0.400. The molecule has 1 N–H and O–H groups in total. The summed E-state index contributed by atoms with van der Waals surface area (Å²) in [7, 11) is 0. The smallest absolute Gasteiger partial charge is 0.311 e. The van der Waals surface area contributed by atoms with Crippen LogP contribution in [0, 0.1) is 16.7 Å². The van der Waals surface area contributed by atoms with E-state index in [1.807, 2.05) is 44.2 Å². The summed E-state index contributed by atoms with van der Waals surface area (Å²) >= 11 is 11.4. The van der Waals surface area contributed by atoms with Gasteiger partial charge in [0.15, 0.2) is 0 Å². The van der Waals surface area contributed by atoms with E-state index in [2.05, 4.69) is 0 Å². The van der Waals surface area contributed by atoms with E-state index in [0.717, 1.165) is 5.56 Å². The lowest BCUT2D eigenvalue weighted by atomic mass is 9.88. The molecule has 0 aromatic heterocycles. The van der Waals surface area contributed by atoms with E-state index in [1.54, 1.807) is 6.08 Å². The van der Waals surface area contributed by atoms with Crippen LogP contribution in [0.15, 0.2) is 40.9 Å². The molecular weight excluding hydrogens is 283 g/mol. The van der Waals surface area contributed by atoms with Crippen molar-refractivity contribution in [2.75, 3.05) is 0 Å². The van der Waals surface area contributed by atoms with Crippen LogP contribution >= 0.6 is 23.2 Å². The molecule has 2 unspecified atom stereocenters. The molecule has 1 saturated carbocycles. The molecule has 1 aliphatic rings. The van der Waals surface area contributed by atoms with Crippen LogP contribution in [-0.2, 0) is 11.2 Å². The first-order valence-electron chi connectivity index (χ1n) is 6.12. The zero-order chi connectivity index (χ0) is 14.3. The first-order valence-corrected chi connectivity index (χ1v) is 6.88. The third-order valence-electron chi connectivity index (χ3n) is 4.37. The van der Waals surface area contributed by atoms with Gasteiger partial charge in [-0.05, 0) is 23.5 Å². The van der Waals surface area contributed by atoms with Crippen molar-refractivity contribution in [3.05, 3.63) is 46.5 Å². The molecule has 2 rings (SSSR count). The maximum absolute atomic E-state index is 11.8. The molecule has 0 heterocycles. The standard InChI is InChI=1S/C15H16Cl2O2/c1-14(2)11(8-12(16)17)15(14,13(18)19)9-10-6-4-3-5-7-10/h3-8,11H,9H2,1-2H3,(H,18,19). The van der Waals surface area contributed by atoms with Gasteiger partial charge in [-0.2, -0.15) is 0 Å². The highest BCUT2D eigenvalue weighted by molar-refractivity contribution is 6.55. The quantitative estimate of drug-likeness (QED) is 0.901. The summed E-state index contributed by atoms with van der Waals surface area (Å²) in [5.74, 6) is -0.945. The van der Waals surface area contributed by atoms with E-state index in [0.29, 0.717) is 6.42 Å². The Morgan fingerprint density at radius 3 is 2.37 bits per heavy atom. The third kappa shape index (κ3) is 2.28. The van der Waals surface area contributed by atoms with Crippen molar-refractivity contribution in [1.29, 1.82) is 0 Å². The fourth-order valence-electron chi connectivity index (χ4n) is 3.11. The average Bonchev–Trinajstić information content (AvgIpc) is 2.77. The normalized spacial score (nSPS) is 27.7. The molecule has 0 radical (unpaired) electrons. The Hall–Kier alpha value is -0.990. The summed E-state index contributed by atoms with van der Waals surface area (Å²) in [5, 5.41) is 9.67. The number of allylic oxidation sites excluding steroid dienone is 1. The molecule has 2 nitrogen and oxygen atoms in total. The lowest BCUT2D eigenvalue weighted by Gasteiger charge is -2.15. The van der Waals surface area contributed by atoms with Crippen molar-refractivity contribution >= 4 is 29.2 Å². The zero-order valence-corrected chi connectivity index (χ0v) is 12.4. The van der Waals surface area contributed by atoms with E-state index in [9.17, 15) is 9.90 Å². The second kappa shape index (κ2) is 4.84. The zero-order valence-electron chi connectivity index (χ0n) is 10.9. The molecule has 102 valence electrons. The van der Waals surface area contributed by atoms with Gasteiger partial charge in [0.2, 0.25) is 0 Å². The minimum atomic E-state index is -0.830. The van der Waals surface area contributed by atoms with Gasteiger partial charge in [0.05, 0.1) is 5.41 Å². The Bertz CT molecular complexity index is 518. The van der Waals surface area contributed by atoms with Crippen LogP contribution in [0.4, 0.5) is 0 Å². The largest absolute Gasteiger partial charge is 0.481 e. The highest BCUT2D eigenvalue weighted by atomic mass is 35.5. The van der Waals surface area contributed by atoms with Gasteiger partial charge < -0.3 is 5.11 Å². The molecule has 19 heavy (non-hydrogen) atoms. The van der Waals surface area contributed by atoms with E-state index in [1.165, 1.54) is 0 Å². The topological polar surface area (TPSA) is 37.3 Å².